The lowest BCUT2D eigenvalue weighted by Gasteiger charge is -1.86. The fourth-order valence-corrected chi connectivity index (χ4v) is 1.44. The molecule has 0 saturated heterocycles. The van der Waals surface area contributed by atoms with Gasteiger partial charge in [0.1, 0.15) is 5.00 Å². The Hall–Kier alpha value is -0.890. The molecule has 0 saturated carbocycles. The van der Waals surface area contributed by atoms with E-state index in [0.29, 0.717) is 0 Å². The van der Waals surface area contributed by atoms with Crippen LogP contribution < -0.4 is 0 Å². The highest BCUT2D eigenvalue weighted by molar-refractivity contribution is 7.14. The molecule has 0 unspecified atom stereocenters. The maximum atomic E-state index is 3.87. The van der Waals surface area contributed by atoms with E-state index in [9.17, 15) is 0 Å². The maximum absolute atomic E-state index is 3.87. The van der Waals surface area contributed by atoms with Gasteiger partial charge in [-0.15, -0.1) is 11.3 Å². The summed E-state index contributed by atoms with van der Waals surface area (Å²) in [5, 5.41) is 3.01. The predicted octanol–water partition coefficient (Wildman–Crippen LogP) is 3.11. The lowest BCUT2D eigenvalue weighted by molar-refractivity contribution is 1.64. The van der Waals surface area contributed by atoms with E-state index in [1.165, 1.54) is 0 Å². The molecule has 0 aromatic carbocycles. The number of thiophene rings is 1. The smallest absolute Gasteiger partial charge is 0.122 e. The fraction of sp³-hybridized carbons (Fsp3) is 0.125. The van der Waals surface area contributed by atoms with Crippen LogP contribution in [-0.2, 0) is 0 Å². The number of rotatable bonds is 2. The molecule has 0 aliphatic carbocycles. The van der Waals surface area contributed by atoms with Crippen LogP contribution in [0.25, 0.3) is 6.08 Å². The minimum atomic E-state index is 0.998. The van der Waals surface area contributed by atoms with Crippen LogP contribution in [0.15, 0.2) is 22.5 Å². The van der Waals surface area contributed by atoms with Crippen molar-refractivity contribution in [3.05, 3.63) is 23.1 Å². The van der Waals surface area contributed by atoms with E-state index in [4.69, 9.17) is 0 Å². The highest BCUT2D eigenvalue weighted by atomic mass is 32.1. The molecule has 10 heavy (non-hydrogen) atoms. The zero-order valence-electron chi connectivity index (χ0n) is 5.87. The molecule has 0 N–H and O–H groups in total. The van der Waals surface area contributed by atoms with E-state index >= 15 is 0 Å². The molecule has 0 radical (unpaired) electrons. The Bertz CT molecular complexity index is 248. The van der Waals surface area contributed by atoms with Crippen molar-refractivity contribution in [2.75, 3.05) is 0 Å². The molecule has 0 atom stereocenters. The molecule has 52 valence electrons. The average molecular weight is 151 g/mol. The van der Waals surface area contributed by atoms with Crippen LogP contribution in [-0.4, -0.2) is 6.72 Å². The van der Waals surface area contributed by atoms with Crippen molar-refractivity contribution in [3.8, 4) is 0 Å². The molecular formula is C8H9NS. The summed E-state index contributed by atoms with van der Waals surface area (Å²) in [5.41, 5.74) is 1.16. The first-order valence-electron chi connectivity index (χ1n) is 3.05. The zero-order chi connectivity index (χ0) is 7.40. The summed E-state index contributed by atoms with van der Waals surface area (Å²) in [6, 6.07) is 2.04. The number of nitrogens with zero attached hydrogens (tertiary/aromatic N) is 1. The first-order chi connectivity index (χ1) is 4.88. The van der Waals surface area contributed by atoms with E-state index in [-0.39, 0.29) is 0 Å². The molecule has 0 spiro atoms. The van der Waals surface area contributed by atoms with Crippen molar-refractivity contribution in [2.24, 2.45) is 4.99 Å². The summed E-state index contributed by atoms with van der Waals surface area (Å²) < 4.78 is 0. The SMILES string of the molecule is C=Nc1sccc1/C=C\C. The first kappa shape index (κ1) is 7.22. The van der Waals surface area contributed by atoms with Crippen molar-refractivity contribution in [1.82, 2.24) is 0 Å². The number of hydrogen-bond donors (Lipinski definition) is 0. The van der Waals surface area contributed by atoms with Gasteiger partial charge in [-0.05, 0) is 25.1 Å². The largest absolute Gasteiger partial charge is 0.253 e. The maximum Gasteiger partial charge on any atom is 0.122 e. The van der Waals surface area contributed by atoms with Crippen LogP contribution in [0.4, 0.5) is 5.00 Å². The van der Waals surface area contributed by atoms with Gasteiger partial charge < -0.3 is 0 Å². The Morgan fingerprint density at radius 3 is 3.10 bits per heavy atom. The molecule has 1 aromatic heterocycles. The van der Waals surface area contributed by atoms with Crippen molar-refractivity contribution in [3.63, 3.8) is 0 Å². The molecule has 1 aromatic rings. The van der Waals surface area contributed by atoms with Gasteiger partial charge in [0.15, 0.2) is 0 Å². The molecular weight excluding hydrogens is 142 g/mol. The van der Waals surface area contributed by atoms with E-state index < -0.39 is 0 Å². The van der Waals surface area contributed by atoms with Crippen molar-refractivity contribution >= 4 is 29.1 Å². The lowest BCUT2D eigenvalue weighted by Crippen LogP contribution is -1.60. The summed E-state index contributed by atoms with van der Waals surface area (Å²) in [4.78, 5) is 3.87. The summed E-state index contributed by atoms with van der Waals surface area (Å²) in [6.45, 7) is 5.46. The van der Waals surface area contributed by atoms with Gasteiger partial charge in [0, 0.05) is 5.56 Å². The average Bonchev–Trinajstić information content (AvgIpc) is 2.36. The molecule has 0 aliphatic heterocycles. The third kappa shape index (κ3) is 1.33. The molecule has 0 amide bonds. The summed E-state index contributed by atoms with van der Waals surface area (Å²) in [6.07, 6.45) is 4.03. The number of aliphatic imine (C=N–C) groups is 1. The third-order valence-corrected chi connectivity index (χ3v) is 2.02. The second-order valence-corrected chi connectivity index (χ2v) is 2.73. The number of hydrogen-bond acceptors (Lipinski definition) is 2. The van der Waals surface area contributed by atoms with E-state index in [1.807, 2.05) is 30.5 Å². The van der Waals surface area contributed by atoms with Crippen LogP contribution in [0.3, 0.4) is 0 Å². The van der Waals surface area contributed by atoms with Gasteiger partial charge in [-0.2, -0.15) is 0 Å². The molecule has 1 nitrogen and oxygen atoms in total. The second-order valence-electron chi connectivity index (χ2n) is 1.84. The van der Waals surface area contributed by atoms with Crippen LogP contribution in [0.5, 0.6) is 0 Å². The van der Waals surface area contributed by atoms with E-state index in [1.54, 1.807) is 11.3 Å². The topological polar surface area (TPSA) is 12.4 Å². The van der Waals surface area contributed by atoms with E-state index in [2.05, 4.69) is 11.7 Å². The highest BCUT2D eigenvalue weighted by Gasteiger charge is 1.94. The molecule has 1 rings (SSSR count). The standard InChI is InChI=1S/C8H9NS/c1-3-4-7-5-6-10-8(7)9-2/h3-6H,2H2,1H3/b4-3-. The van der Waals surface area contributed by atoms with Crippen LogP contribution >= 0.6 is 11.3 Å². The summed E-state index contributed by atoms with van der Waals surface area (Å²) in [5.74, 6) is 0. The fourth-order valence-electron chi connectivity index (χ4n) is 0.746. The quantitative estimate of drug-likeness (QED) is 0.576. The molecule has 2 heteroatoms. The van der Waals surface area contributed by atoms with Crippen molar-refractivity contribution in [1.29, 1.82) is 0 Å². The van der Waals surface area contributed by atoms with Gasteiger partial charge >= 0.3 is 0 Å². The molecule has 0 aliphatic rings. The Morgan fingerprint density at radius 2 is 2.50 bits per heavy atom. The van der Waals surface area contributed by atoms with Gasteiger partial charge in [-0.25, -0.2) is 0 Å². The summed E-state index contributed by atoms with van der Waals surface area (Å²) in [7, 11) is 0. The van der Waals surface area contributed by atoms with Gasteiger partial charge in [-0.3, -0.25) is 4.99 Å². The minimum absolute atomic E-state index is 0.998. The van der Waals surface area contributed by atoms with Crippen molar-refractivity contribution < 1.29 is 0 Å². The Kier molecular flexibility index (Phi) is 2.40. The van der Waals surface area contributed by atoms with Gasteiger partial charge in [0.25, 0.3) is 0 Å². The van der Waals surface area contributed by atoms with Gasteiger partial charge in [-0.1, -0.05) is 12.2 Å². The zero-order valence-corrected chi connectivity index (χ0v) is 6.69. The monoisotopic (exact) mass is 151 g/mol. The molecule has 1 heterocycles. The molecule has 0 fully saturated rings. The second kappa shape index (κ2) is 3.32. The Morgan fingerprint density at radius 1 is 1.70 bits per heavy atom. The first-order valence-corrected chi connectivity index (χ1v) is 3.93. The van der Waals surface area contributed by atoms with Gasteiger partial charge in [0.2, 0.25) is 0 Å². The molecule has 0 bridgehead atoms. The Balaban J connectivity index is 3.00. The normalized spacial score (nSPS) is 10.5. The van der Waals surface area contributed by atoms with Crippen LogP contribution in [0.1, 0.15) is 12.5 Å². The lowest BCUT2D eigenvalue weighted by atomic mass is 10.3. The highest BCUT2D eigenvalue weighted by Crippen LogP contribution is 2.26. The van der Waals surface area contributed by atoms with Crippen molar-refractivity contribution in [2.45, 2.75) is 6.92 Å². The summed E-state index contributed by atoms with van der Waals surface area (Å²) >= 11 is 1.61. The van der Waals surface area contributed by atoms with Crippen LogP contribution in [0, 0.1) is 0 Å². The van der Waals surface area contributed by atoms with Gasteiger partial charge in [0.05, 0.1) is 0 Å². The predicted molar refractivity (Wildman–Crippen MR) is 48.2 cm³/mol. The minimum Gasteiger partial charge on any atom is -0.253 e. The Labute approximate surface area is 64.7 Å². The number of allylic oxidation sites excluding steroid dienone is 1. The third-order valence-electron chi connectivity index (χ3n) is 1.16. The van der Waals surface area contributed by atoms with Crippen LogP contribution in [0.2, 0.25) is 0 Å². The van der Waals surface area contributed by atoms with E-state index in [0.717, 1.165) is 10.6 Å².